The third-order valence-corrected chi connectivity index (χ3v) is 7.64. The summed E-state index contributed by atoms with van der Waals surface area (Å²) in [6.45, 7) is 5.09. The monoisotopic (exact) mass is 468 g/mol. The second-order valence-electron chi connectivity index (χ2n) is 9.43. The zero-order valence-electron chi connectivity index (χ0n) is 19.2. The Morgan fingerprint density at radius 1 is 1.09 bits per heavy atom. The summed E-state index contributed by atoms with van der Waals surface area (Å²) in [7, 11) is 0. The average Bonchev–Trinajstić information content (AvgIpc) is 3.10. The van der Waals surface area contributed by atoms with E-state index in [1.807, 2.05) is 0 Å². The van der Waals surface area contributed by atoms with Crippen LogP contribution in [0.25, 0.3) is 11.3 Å². The number of hydrogen-bond donors (Lipinski definition) is 1. The maximum absolute atomic E-state index is 13.5. The zero-order chi connectivity index (χ0) is 24.1. The van der Waals surface area contributed by atoms with Crippen molar-refractivity contribution in [1.29, 1.82) is 0 Å². The van der Waals surface area contributed by atoms with E-state index in [2.05, 4.69) is 51.0 Å². The molecule has 0 amide bonds. The molecule has 0 bridgehead atoms. The van der Waals surface area contributed by atoms with Gasteiger partial charge in [-0.05, 0) is 60.8 Å². The molecular formula is C26H27F3N4O. The molecule has 5 nitrogen and oxygen atoms in total. The van der Waals surface area contributed by atoms with Crippen LogP contribution in [-0.2, 0) is 19.2 Å². The lowest BCUT2D eigenvalue weighted by atomic mass is 9.70. The summed E-state index contributed by atoms with van der Waals surface area (Å²) in [5.74, 6) is 1.03. The summed E-state index contributed by atoms with van der Waals surface area (Å²) in [6.07, 6.45) is -0.467. The Balaban J connectivity index is 1.43. The van der Waals surface area contributed by atoms with E-state index >= 15 is 0 Å². The molecule has 2 aromatic heterocycles. The molecule has 178 valence electrons. The summed E-state index contributed by atoms with van der Waals surface area (Å²) >= 11 is 0. The lowest BCUT2D eigenvalue weighted by Gasteiger charge is -2.43. The SMILES string of the molecule is Cc1nc(N2CCC3(CC2)Cc2ccccc2[C@H]3C)c(CO)nc1-c1cccnc1C(F)(F)F. The number of aliphatic hydroxyl groups excluding tert-OH is 1. The van der Waals surface area contributed by atoms with Gasteiger partial charge in [0.2, 0.25) is 0 Å². The second-order valence-corrected chi connectivity index (χ2v) is 9.43. The summed E-state index contributed by atoms with van der Waals surface area (Å²) in [5, 5.41) is 10.0. The van der Waals surface area contributed by atoms with Crippen LogP contribution in [0, 0.1) is 12.3 Å². The predicted molar refractivity (Wildman–Crippen MR) is 123 cm³/mol. The molecule has 0 radical (unpaired) electrons. The maximum atomic E-state index is 13.5. The molecule has 0 unspecified atom stereocenters. The second kappa shape index (κ2) is 8.34. The van der Waals surface area contributed by atoms with Crippen LogP contribution >= 0.6 is 0 Å². The van der Waals surface area contributed by atoms with E-state index in [0.29, 0.717) is 17.4 Å². The van der Waals surface area contributed by atoms with Gasteiger partial charge in [0, 0.05) is 24.8 Å². The Labute approximate surface area is 196 Å². The van der Waals surface area contributed by atoms with Crippen molar-refractivity contribution in [2.45, 2.75) is 51.8 Å². The van der Waals surface area contributed by atoms with Crippen LogP contribution in [0.15, 0.2) is 42.6 Å². The zero-order valence-corrected chi connectivity index (χ0v) is 19.2. The lowest BCUT2D eigenvalue weighted by Crippen LogP contribution is -2.42. The van der Waals surface area contributed by atoms with Crippen molar-refractivity contribution in [2.24, 2.45) is 5.41 Å². The van der Waals surface area contributed by atoms with Gasteiger partial charge in [0.15, 0.2) is 11.5 Å². The third kappa shape index (κ3) is 3.74. The van der Waals surface area contributed by atoms with Gasteiger partial charge >= 0.3 is 6.18 Å². The molecule has 0 saturated carbocycles. The molecule has 3 heterocycles. The molecule has 1 aliphatic carbocycles. The quantitative estimate of drug-likeness (QED) is 0.565. The van der Waals surface area contributed by atoms with Gasteiger partial charge in [-0.2, -0.15) is 13.2 Å². The van der Waals surface area contributed by atoms with Gasteiger partial charge in [-0.3, -0.25) is 4.98 Å². The summed E-state index contributed by atoms with van der Waals surface area (Å²) in [5.41, 5.74) is 2.71. The van der Waals surface area contributed by atoms with E-state index < -0.39 is 18.5 Å². The van der Waals surface area contributed by atoms with Gasteiger partial charge in [0.1, 0.15) is 5.69 Å². The Morgan fingerprint density at radius 3 is 2.50 bits per heavy atom. The van der Waals surface area contributed by atoms with Crippen molar-refractivity contribution < 1.29 is 18.3 Å². The predicted octanol–water partition coefficient (Wildman–Crippen LogP) is 5.30. The van der Waals surface area contributed by atoms with E-state index in [-0.39, 0.29) is 22.4 Å². The Bertz CT molecular complexity index is 1220. The number of rotatable bonds is 3. The average molecular weight is 469 g/mol. The Morgan fingerprint density at radius 2 is 1.82 bits per heavy atom. The molecule has 1 aliphatic heterocycles. The minimum absolute atomic E-state index is 0.0987. The minimum atomic E-state index is -4.61. The molecule has 1 N–H and O–H groups in total. The van der Waals surface area contributed by atoms with Crippen molar-refractivity contribution in [3.8, 4) is 11.3 Å². The van der Waals surface area contributed by atoms with Crippen LogP contribution in [0.4, 0.5) is 19.0 Å². The number of aliphatic hydroxyl groups is 1. The van der Waals surface area contributed by atoms with Crippen molar-refractivity contribution >= 4 is 5.82 Å². The fourth-order valence-corrected chi connectivity index (χ4v) is 5.73. The first-order chi connectivity index (χ1) is 16.2. The number of aryl methyl sites for hydroxylation is 1. The number of halogens is 3. The van der Waals surface area contributed by atoms with Crippen LogP contribution in [-0.4, -0.2) is 33.1 Å². The van der Waals surface area contributed by atoms with Gasteiger partial charge in [-0.15, -0.1) is 0 Å². The first kappa shape index (κ1) is 22.8. The highest BCUT2D eigenvalue weighted by Gasteiger charge is 2.45. The molecular weight excluding hydrogens is 441 g/mol. The van der Waals surface area contributed by atoms with Gasteiger partial charge in [0.25, 0.3) is 0 Å². The number of fused-ring (bicyclic) bond motifs is 1. The van der Waals surface area contributed by atoms with E-state index in [1.165, 1.54) is 23.3 Å². The molecule has 1 spiro atoms. The molecule has 1 aromatic carbocycles. The van der Waals surface area contributed by atoms with E-state index in [9.17, 15) is 18.3 Å². The van der Waals surface area contributed by atoms with E-state index in [4.69, 9.17) is 0 Å². The van der Waals surface area contributed by atoms with Crippen LogP contribution in [0.1, 0.15) is 53.9 Å². The molecule has 2 aliphatic rings. The molecule has 5 rings (SSSR count). The smallest absolute Gasteiger partial charge is 0.390 e. The molecule has 8 heteroatoms. The Kier molecular flexibility index (Phi) is 5.59. The number of benzene rings is 1. The highest BCUT2D eigenvalue weighted by Crippen LogP contribution is 2.53. The number of alkyl halides is 3. The van der Waals surface area contributed by atoms with Crippen molar-refractivity contribution in [3.63, 3.8) is 0 Å². The minimum Gasteiger partial charge on any atom is -0.390 e. The summed E-state index contributed by atoms with van der Waals surface area (Å²) < 4.78 is 40.6. The highest BCUT2D eigenvalue weighted by molar-refractivity contribution is 5.66. The van der Waals surface area contributed by atoms with E-state index in [1.54, 1.807) is 6.92 Å². The van der Waals surface area contributed by atoms with Gasteiger partial charge in [-0.25, -0.2) is 9.97 Å². The number of piperidine rings is 1. The number of anilines is 1. The van der Waals surface area contributed by atoms with Crippen LogP contribution in [0.2, 0.25) is 0 Å². The third-order valence-electron chi connectivity index (χ3n) is 7.64. The van der Waals surface area contributed by atoms with E-state index in [0.717, 1.165) is 38.5 Å². The first-order valence-corrected chi connectivity index (χ1v) is 11.6. The van der Waals surface area contributed by atoms with Gasteiger partial charge in [0.05, 0.1) is 18.0 Å². The topological polar surface area (TPSA) is 62.1 Å². The Hall–Kier alpha value is -3.00. The summed E-state index contributed by atoms with van der Waals surface area (Å²) in [4.78, 5) is 14.8. The molecule has 1 atom stereocenters. The molecule has 1 fully saturated rings. The van der Waals surface area contributed by atoms with Crippen molar-refractivity contribution in [1.82, 2.24) is 15.0 Å². The molecule has 34 heavy (non-hydrogen) atoms. The number of pyridine rings is 1. The van der Waals surface area contributed by atoms with Gasteiger partial charge in [-0.1, -0.05) is 31.2 Å². The maximum Gasteiger partial charge on any atom is 0.434 e. The first-order valence-electron chi connectivity index (χ1n) is 11.6. The van der Waals surface area contributed by atoms with Gasteiger partial charge < -0.3 is 10.0 Å². The lowest BCUT2D eigenvalue weighted by molar-refractivity contribution is -0.140. The van der Waals surface area contributed by atoms with Crippen LogP contribution in [0.3, 0.4) is 0 Å². The normalized spacial score (nSPS) is 19.5. The van der Waals surface area contributed by atoms with Crippen LogP contribution in [0.5, 0.6) is 0 Å². The largest absolute Gasteiger partial charge is 0.434 e. The number of nitrogens with zero attached hydrogens (tertiary/aromatic N) is 4. The standard InChI is InChI=1S/C26H27F3N4O/c1-16-19-7-4-3-6-18(19)14-25(16)9-12-33(13-10-25)24-21(15-34)32-22(17(2)31-24)20-8-5-11-30-23(20)26(27,28)29/h3-8,11,16,34H,9-10,12-15H2,1-2H3/t16-/m1/s1. The highest BCUT2D eigenvalue weighted by atomic mass is 19.4. The number of hydrogen-bond acceptors (Lipinski definition) is 5. The fraction of sp³-hybridized carbons (Fsp3) is 0.423. The molecule has 3 aromatic rings. The molecule has 1 saturated heterocycles. The van der Waals surface area contributed by atoms with Crippen molar-refractivity contribution in [3.05, 3.63) is 70.8 Å². The summed E-state index contributed by atoms with van der Waals surface area (Å²) in [6, 6.07) is 11.4. The number of aromatic nitrogens is 3. The van der Waals surface area contributed by atoms with Crippen molar-refractivity contribution in [2.75, 3.05) is 18.0 Å². The van der Waals surface area contributed by atoms with Crippen LogP contribution < -0.4 is 4.90 Å². The fourth-order valence-electron chi connectivity index (χ4n) is 5.73.